The molecule has 2 aliphatic heterocycles. The van der Waals surface area contributed by atoms with Crippen molar-refractivity contribution in [2.75, 3.05) is 0 Å². The zero-order valence-electron chi connectivity index (χ0n) is 14.4. The van der Waals surface area contributed by atoms with Crippen LogP contribution in [0.25, 0.3) is 6.08 Å². The second kappa shape index (κ2) is 7.56. The van der Waals surface area contributed by atoms with Gasteiger partial charge in [0.15, 0.2) is 5.84 Å². The van der Waals surface area contributed by atoms with Gasteiger partial charge in [-0.1, -0.05) is 66.2 Å². The molecule has 2 aliphatic rings. The highest BCUT2D eigenvalue weighted by Gasteiger charge is 2.21. The summed E-state index contributed by atoms with van der Waals surface area (Å²) in [6.45, 7) is 0.614. The first-order valence-corrected chi connectivity index (χ1v) is 8.92. The van der Waals surface area contributed by atoms with Crippen LogP contribution in [-0.2, 0) is 11.3 Å². The number of fused-ring (bicyclic) bond motifs is 2. The Morgan fingerprint density at radius 1 is 1.07 bits per heavy atom. The average Bonchev–Trinajstić information content (AvgIpc) is 2.83. The molecule has 2 aromatic rings. The molecule has 132 valence electrons. The minimum absolute atomic E-state index is 0.352. The molecule has 4 rings (SSSR count). The van der Waals surface area contributed by atoms with Crippen LogP contribution in [0.3, 0.4) is 0 Å². The number of allylic oxidation sites excluding steroid dienone is 2. The molecule has 2 aromatic carbocycles. The fraction of sp³-hybridized carbons (Fsp3) is 0.0455. The second-order valence-corrected chi connectivity index (χ2v) is 6.56. The fourth-order valence-corrected chi connectivity index (χ4v) is 3.10. The Morgan fingerprint density at radius 2 is 1.85 bits per heavy atom. The first kappa shape index (κ1) is 17.2. The summed E-state index contributed by atoms with van der Waals surface area (Å²) in [5.74, 6) is 0.755. The number of rotatable bonds is 2. The van der Waals surface area contributed by atoms with Crippen LogP contribution in [-0.4, -0.2) is 22.5 Å². The molecule has 0 bridgehead atoms. The lowest BCUT2D eigenvalue weighted by atomic mass is 10.1. The normalized spacial score (nSPS) is 17.2. The number of amides is 1. The van der Waals surface area contributed by atoms with Crippen LogP contribution < -0.4 is 0 Å². The van der Waals surface area contributed by atoms with E-state index in [-0.39, 0.29) is 5.91 Å². The van der Waals surface area contributed by atoms with E-state index in [9.17, 15) is 4.79 Å². The number of amidine groups is 2. The molecule has 4 nitrogen and oxygen atoms in total. The Bertz CT molecular complexity index is 1030. The summed E-state index contributed by atoms with van der Waals surface area (Å²) in [5.41, 5.74) is 2.82. The molecule has 0 aliphatic carbocycles. The van der Waals surface area contributed by atoms with Crippen LogP contribution in [0.2, 0.25) is 0 Å². The third-order valence-electron chi connectivity index (χ3n) is 4.22. The molecule has 0 unspecified atom stereocenters. The van der Waals surface area contributed by atoms with E-state index in [4.69, 9.17) is 11.6 Å². The predicted octanol–water partition coefficient (Wildman–Crippen LogP) is 4.54. The van der Waals surface area contributed by atoms with Gasteiger partial charge in [-0.25, -0.2) is 4.99 Å². The second-order valence-electron chi connectivity index (χ2n) is 6.12. The van der Waals surface area contributed by atoms with Gasteiger partial charge in [0.25, 0.3) is 5.91 Å². The quantitative estimate of drug-likeness (QED) is 0.725. The van der Waals surface area contributed by atoms with Gasteiger partial charge in [0, 0.05) is 24.4 Å². The minimum Gasteiger partial charge on any atom is -0.327 e. The topological polar surface area (TPSA) is 45.0 Å². The molecule has 2 heterocycles. The highest BCUT2D eigenvalue weighted by molar-refractivity contribution is 6.32. The van der Waals surface area contributed by atoms with E-state index in [1.807, 2.05) is 71.8 Å². The maximum absolute atomic E-state index is 12.4. The van der Waals surface area contributed by atoms with Crippen molar-refractivity contribution in [1.29, 1.82) is 0 Å². The number of carbonyl (C=O) groups is 1. The monoisotopic (exact) mass is 373 g/mol. The van der Waals surface area contributed by atoms with Crippen LogP contribution in [0.4, 0.5) is 0 Å². The fourth-order valence-electron chi connectivity index (χ4n) is 2.92. The van der Waals surface area contributed by atoms with Gasteiger partial charge in [0.05, 0.1) is 5.03 Å². The Morgan fingerprint density at radius 3 is 2.70 bits per heavy atom. The van der Waals surface area contributed by atoms with E-state index in [0.29, 0.717) is 23.2 Å². The van der Waals surface area contributed by atoms with Crippen molar-refractivity contribution in [3.8, 4) is 0 Å². The lowest BCUT2D eigenvalue weighted by molar-refractivity contribution is -0.113. The van der Waals surface area contributed by atoms with Gasteiger partial charge in [-0.3, -0.25) is 4.79 Å². The molecule has 27 heavy (non-hydrogen) atoms. The molecule has 0 radical (unpaired) electrons. The van der Waals surface area contributed by atoms with Gasteiger partial charge in [-0.15, -0.1) is 0 Å². The number of nitrogens with zero attached hydrogens (tertiary/aromatic N) is 3. The zero-order chi connectivity index (χ0) is 18.6. The van der Waals surface area contributed by atoms with Gasteiger partial charge in [0.2, 0.25) is 0 Å². The van der Waals surface area contributed by atoms with E-state index in [1.165, 1.54) is 6.08 Å². The number of hydrogen-bond donors (Lipinski definition) is 0. The Hall–Kier alpha value is -3.24. The van der Waals surface area contributed by atoms with Crippen molar-refractivity contribution < 1.29 is 4.79 Å². The third kappa shape index (κ3) is 3.96. The highest BCUT2D eigenvalue weighted by Crippen LogP contribution is 2.23. The average molecular weight is 374 g/mol. The van der Waals surface area contributed by atoms with Crippen LogP contribution in [0.1, 0.15) is 16.7 Å². The van der Waals surface area contributed by atoms with E-state index in [2.05, 4.69) is 9.98 Å². The summed E-state index contributed by atoms with van der Waals surface area (Å²) >= 11 is 6.12. The van der Waals surface area contributed by atoms with E-state index in [0.717, 1.165) is 16.7 Å². The molecule has 0 spiro atoms. The van der Waals surface area contributed by atoms with E-state index in [1.54, 1.807) is 12.2 Å². The molecular formula is C22H16ClN3O. The summed E-state index contributed by atoms with van der Waals surface area (Å²) in [4.78, 5) is 23.2. The van der Waals surface area contributed by atoms with Crippen molar-refractivity contribution in [3.05, 3.63) is 101 Å². The van der Waals surface area contributed by atoms with Gasteiger partial charge in [0.1, 0.15) is 5.84 Å². The summed E-state index contributed by atoms with van der Waals surface area (Å²) in [6, 6.07) is 17.5. The first-order chi connectivity index (χ1) is 13.2. The van der Waals surface area contributed by atoms with Crippen molar-refractivity contribution >= 4 is 35.3 Å². The summed E-state index contributed by atoms with van der Waals surface area (Å²) in [6.07, 6.45) is 8.64. The molecule has 0 saturated carbocycles. The number of benzene rings is 2. The van der Waals surface area contributed by atoms with Gasteiger partial charge in [-0.05, 0) is 29.4 Å². The molecule has 5 heteroatoms. The third-order valence-corrected chi connectivity index (χ3v) is 4.44. The minimum atomic E-state index is -0.352. The highest BCUT2D eigenvalue weighted by atomic mass is 35.5. The molecular weight excluding hydrogens is 358 g/mol. The summed E-state index contributed by atoms with van der Waals surface area (Å²) < 4.78 is 0. The van der Waals surface area contributed by atoms with Crippen LogP contribution in [0, 0.1) is 0 Å². The Balaban J connectivity index is 1.70. The standard InChI is InChI=1S/C22H16ClN3O/c23-18-11-12-20-24-22(19-9-5-4-8-17(19)14-26(20)15-18)25-21(27)13-10-16-6-2-1-3-7-16/h1-13,15H,14H2/b13-10+,25-22?. The van der Waals surface area contributed by atoms with E-state index >= 15 is 0 Å². The van der Waals surface area contributed by atoms with Crippen LogP contribution >= 0.6 is 11.6 Å². The summed E-state index contributed by atoms with van der Waals surface area (Å²) in [5, 5.41) is 0.633. The Labute approximate surface area is 162 Å². The number of halogens is 1. The van der Waals surface area contributed by atoms with Crippen molar-refractivity contribution in [3.63, 3.8) is 0 Å². The zero-order valence-corrected chi connectivity index (χ0v) is 15.2. The molecule has 1 amide bonds. The Kier molecular flexibility index (Phi) is 4.81. The van der Waals surface area contributed by atoms with Gasteiger partial charge >= 0.3 is 0 Å². The van der Waals surface area contributed by atoms with Crippen molar-refractivity contribution in [2.45, 2.75) is 6.54 Å². The van der Waals surface area contributed by atoms with Crippen LogP contribution in [0.15, 0.2) is 94.0 Å². The lowest BCUT2D eigenvalue weighted by Gasteiger charge is -2.21. The molecule has 0 aromatic heterocycles. The maximum Gasteiger partial charge on any atom is 0.271 e. The van der Waals surface area contributed by atoms with Gasteiger partial charge in [-0.2, -0.15) is 4.99 Å². The van der Waals surface area contributed by atoms with Crippen molar-refractivity contribution in [2.24, 2.45) is 9.98 Å². The molecule has 0 fully saturated rings. The lowest BCUT2D eigenvalue weighted by Crippen LogP contribution is -2.25. The molecule has 0 N–H and O–H groups in total. The van der Waals surface area contributed by atoms with Gasteiger partial charge < -0.3 is 4.90 Å². The number of aliphatic imine (C=N–C) groups is 2. The largest absolute Gasteiger partial charge is 0.327 e. The van der Waals surface area contributed by atoms with Crippen molar-refractivity contribution in [1.82, 2.24) is 4.90 Å². The predicted molar refractivity (Wildman–Crippen MR) is 110 cm³/mol. The molecule has 0 atom stereocenters. The number of carbonyl (C=O) groups excluding carboxylic acids is 1. The first-order valence-electron chi connectivity index (χ1n) is 8.54. The number of hydrogen-bond acceptors (Lipinski definition) is 2. The van der Waals surface area contributed by atoms with E-state index < -0.39 is 0 Å². The van der Waals surface area contributed by atoms with Crippen LogP contribution in [0.5, 0.6) is 0 Å². The summed E-state index contributed by atoms with van der Waals surface area (Å²) in [7, 11) is 0. The maximum atomic E-state index is 12.4. The SMILES string of the molecule is O=C(/C=C/c1ccccc1)N=C1N=C2C=CC(Cl)=CN2Cc2ccccc21. The smallest absolute Gasteiger partial charge is 0.271 e. The molecule has 0 saturated heterocycles.